The molecule has 36 heavy (non-hydrogen) atoms. The first-order chi connectivity index (χ1) is 17.0. The molecule has 0 aromatic rings. The standard InChI is InChI=1S/C27H36O9/c1-14(2)17-13-27(24(31)35-6,25(32)36-7)19-11-18-20(21(17)19)16(10-8-9-15(3)28)12-26(18,22(29)33-4)23(30)34-5/h10,17-21H,1,8-9,11-13H2,2-7H3/b16-10-/t17-,18+,19-,20+,21-/m0/s1. The third-order valence-corrected chi connectivity index (χ3v) is 8.74. The van der Waals surface area contributed by atoms with Gasteiger partial charge in [0.1, 0.15) is 5.78 Å². The highest BCUT2D eigenvalue weighted by Crippen LogP contribution is 2.71. The predicted octanol–water partition coefficient (Wildman–Crippen LogP) is 2.82. The Morgan fingerprint density at radius 1 is 0.861 bits per heavy atom. The van der Waals surface area contributed by atoms with Crippen LogP contribution in [0.5, 0.6) is 0 Å². The van der Waals surface area contributed by atoms with E-state index in [2.05, 4.69) is 6.58 Å². The Labute approximate surface area is 211 Å². The van der Waals surface area contributed by atoms with Crippen LogP contribution in [-0.4, -0.2) is 58.1 Å². The van der Waals surface area contributed by atoms with E-state index < -0.39 is 46.5 Å². The maximum atomic E-state index is 13.3. The van der Waals surface area contributed by atoms with Crippen LogP contribution in [0, 0.1) is 40.4 Å². The van der Waals surface area contributed by atoms with E-state index in [4.69, 9.17) is 18.9 Å². The molecule has 0 unspecified atom stereocenters. The molecule has 0 heterocycles. The summed E-state index contributed by atoms with van der Waals surface area (Å²) in [5.74, 6) is -4.79. The number of carbonyl (C=O) groups is 5. The van der Waals surface area contributed by atoms with E-state index >= 15 is 0 Å². The van der Waals surface area contributed by atoms with Crippen LogP contribution < -0.4 is 0 Å². The van der Waals surface area contributed by atoms with Crippen LogP contribution in [0.25, 0.3) is 0 Å². The number of esters is 4. The monoisotopic (exact) mass is 504 g/mol. The summed E-state index contributed by atoms with van der Waals surface area (Å²) in [4.78, 5) is 64.7. The highest BCUT2D eigenvalue weighted by Gasteiger charge is 2.75. The smallest absolute Gasteiger partial charge is 0.323 e. The zero-order valence-electron chi connectivity index (χ0n) is 21.9. The van der Waals surface area contributed by atoms with Crippen LogP contribution in [0.15, 0.2) is 23.8 Å². The molecule has 0 amide bonds. The van der Waals surface area contributed by atoms with Crippen LogP contribution in [-0.2, 0) is 42.9 Å². The number of rotatable bonds is 8. The van der Waals surface area contributed by atoms with Crippen LogP contribution in [0.1, 0.15) is 46.0 Å². The number of ketones is 1. The minimum atomic E-state index is -1.63. The normalized spacial score (nSPS) is 30.2. The first kappa shape index (κ1) is 27.6. The van der Waals surface area contributed by atoms with Gasteiger partial charge in [0.25, 0.3) is 0 Å². The molecule has 0 aromatic carbocycles. The molecule has 0 spiro atoms. The lowest BCUT2D eigenvalue weighted by atomic mass is 9.70. The van der Waals surface area contributed by atoms with Crippen LogP contribution >= 0.6 is 0 Å². The lowest BCUT2D eigenvalue weighted by molar-refractivity contribution is -0.173. The maximum Gasteiger partial charge on any atom is 0.323 e. The maximum absolute atomic E-state index is 13.3. The summed E-state index contributed by atoms with van der Waals surface area (Å²) in [7, 11) is 4.90. The third kappa shape index (κ3) is 3.87. The third-order valence-electron chi connectivity index (χ3n) is 8.74. The average molecular weight is 505 g/mol. The average Bonchev–Trinajstić information content (AvgIpc) is 3.50. The summed E-state index contributed by atoms with van der Waals surface area (Å²) in [6.45, 7) is 7.50. The Bertz CT molecular complexity index is 975. The highest BCUT2D eigenvalue weighted by atomic mass is 16.6. The molecular formula is C27H36O9. The lowest BCUT2D eigenvalue weighted by Gasteiger charge is -2.33. The number of hydrogen-bond acceptors (Lipinski definition) is 9. The van der Waals surface area contributed by atoms with Crippen molar-refractivity contribution in [1.29, 1.82) is 0 Å². The SMILES string of the molecule is C=C(C)[C@@H]1CC(C(=O)OC)(C(=O)OC)[C@H]2C[C@@H]3[C@@H](/C(=C\CCC(C)=O)CC3(C(=O)OC)C(=O)OC)[C@@H]12. The minimum absolute atomic E-state index is 0.0222. The predicted molar refractivity (Wildman–Crippen MR) is 127 cm³/mol. The van der Waals surface area contributed by atoms with Crippen molar-refractivity contribution in [3.05, 3.63) is 23.8 Å². The largest absolute Gasteiger partial charge is 0.468 e. The number of carbonyl (C=O) groups excluding carboxylic acids is 5. The Hall–Kier alpha value is -2.97. The van der Waals surface area contributed by atoms with Gasteiger partial charge in [-0.15, -0.1) is 0 Å². The summed E-state index contributed by atoms with van der Waals surface area (Å²) in [6.07, 6.45) is 3.16. The second kappa shape index (κ2) is 10.2. The molecule has 3 rings (SSSR count). The molecule has 0 aliphatic heterocycles. The van der Waals surface area contributed by atoms with E-state index in [0.717, 1.165) is 11.1 Å². The molecule has 3 fully saturated rings. The van der Waals surface area contributed by atoms with Gasteiger partial charge < -0.3 is 23.7 Å². The van der Waals surface area contributed by atoms with E-state index in [1.54, 1.807) is 0 Å². The molecular weight excluding hydrogens is 468 g/mol. The molecule has 3 aliphatic carbocycles. The van der Waals surface area contributed by atoms with Gasteiger partial charge in [0.15, 0.2) is 10.8 Å². The van der Waals surface area contributed by atoms with Crippen molar-refractivity contribution in [3.8, 4) is 0 Å². The van der Waals surface area contributed by atoms with Crippen molar-refractivity contribution in [2.75, 3.05) is 28.4 Å². The Morgan fingerprint density at radius 3 is 1.81 bits per heavy atom. The van der Waals surface area contributed by atoms with Gasteiger partial charge in [-0.1, -0.05) is 23.8 Å². The van der Waals surface area contributed by atoms with Crippen LogP contribution in [0.2, 0.25) is 0 Å². The van der Waals surface area contributed by atoms with Gasteiger partial charge in [-0.25, -0.2) is 0 Å². The molecule has 0 aromatic heterocycles. The molecule has 9 nitrogen and oxygen atoms in total. The summed E-state index contributed by atoms with van der Waals surface area (Å²) in [5, 5.41) is 0. The fraction of sp³-hybridized carbons (Fsp3) is 0.667. The number of allylic oxidation sites excluding steroid dienone is 3. The van der Waals surface area contributed by atoms with Gasteiger partial charge in [-0.3, -0.25) is 19.2 Å². The van der Waals surface area contributed by atoms with Gasteiger partial charge >= 0.3 is 23.9 Å². The Kier molecular flexibility index (Phi) is 7.81. The molecule has 5 atom stereocenters. The van der Waals surface area contributed by atoms with E-state index in [1.165, 1.54) is 35.4 Å². The number of hydrogen-bond donors (Lipinski definition) is 0. The zero-order chi connectivity index (χ0) is 27.0. The van der Waals surface area contributed by atoms with E-state index in [1.807, 2.05) is 13.0 Å². The minimum Gasteiger partial charge on any atom is -0.468 e. The molecule has 0 saturated heterocycles. The molecule has 0 bridgehead atoms. The molecule has 3 saturated carbocycles. The van der Waals surface area contributed by atoms with Crippen molar-refractivity contribution < 1.29 is 42.9 Å². The highest BCUT2D eigenvalue weighted by molar-refractivity contribution is 6.03. The van der Waals surface area contributed by atoms with Gasteiger partial charge in [-0.2, -0.15) is 0 Å². The fourth-order valence-electron chi connectivity index (χ4n) is 7.36. The van der Waals surface area contributed by atoms with Crippen molar-refractivity contribution >= 4 is 29.7 Å². The molecule has 3 aliphatic rings. The first-order valence-electron chi connectivity index (χ1n) is 12.1. The van der Waals surface area contributed by atoms with Gasteiger partial charge in [0.05, 0.1) is 28.4 Å². The number of methoxy groups -OCH3 is 4. The zero-order valence-corrected chi connectivity index (χ0v) is 21.9. The second-order valence-corrected chi connectivity index (χ2v) is 10.3. The van der Waals surface area contributed by atoms with Gasteiger partial charge in [0, 0.05) is 6.42 Å². The van der Waals surface area contributed by atoms with Crippen molar-refractivity contribution in [1.82, 2.24) is 0 Å². The Balaban J connectivity index is 2.26. The number of ether oxygens (including phenoxy) is 4. The van der Waals surface area contributed by atoms with Crippen molar-refractivity contribution in [3.63, 3.8) is 0 Å². The van der Waals surface area contributed by atoms with Crippen LogP contribution in [0.3, 0.4) is 0 Å². The molecule has 0 radical (unpaired) electrons. The summed E-state index contributed by atoms with van der Waals surface area (Å²) >= 11 is 0. The number of fused-ring (bicyclic) bond motifs is 3. The second-order valence-electron chi connectivity index (χ2n) is 10.3. The van der Waals surface area contributed by atoms with Gasteiger partial charge in [-0.05, 0) is 69.1 Å². The quantitative estimate of drug-likeness (QED) is 0.212. The first-order valence-corrected chi connectivity index (χ1v) is 12.1. The Morgan fingerprint density at radius 2 is 1.36 bits per heavy atom. The number of Topliss-reactive ketones (excluding diaryl/α,β-unsaturated/α-hetero) is 1. The van der Waals surface area contributed by atoms with Crippen LogP contribution in [0.4, 0.5) is 0 Å². The summed E-state index contributed by atoms with van der Waals surface area (Å²) in [6, 6.07) is 0. The summed E-state index contributed by atoms with van der Waals surface area (Å²) in [5.41, 5.74) is -1.60. The van der Waals surface area contributed by atoms with Crippen molar-refractivity contribution in [2.24, 2.45) is 40.4 Å². The van der Waals surface area contributed by atoms with Crippen molar-refractivity contribution in [2.45, 2.75) is 46.0 Å². The fourth-order valence-corrected chi connectivity index (χ4v) is 7.36. The summed E-state index contributed by atoms with van der Waals surface area (Å²) < 4.78 is 20.5. The van der Waals surface area contributed by atoms with Gasteiger partial charge in [0.2, 0.25) is 0 Å². The topological polar surface area (TPSA) is 122 Å². The lowest BCUT2D eigenvalue weighted by Crippen LogP contribution is -2.47. The molecule has 198 valence electrons. The molecule has 0 N–H and O–H groups in total. The van der Waals surface area contributed by atoms with E-state index in [9.17, 15) is 24.0 Å². The van der Waals surface area contributed by atoms with E-state index in [-0.39, 0.29) is 42.8 Å². The molecule has 9 heteroatoms. The van der Waals surface area contributed by atoms with E-state index in [0.29, 0.717) is 12.8 Å².